The number of hydrogen-bond donors (Lipinski definition) is 3. The van der Waals surface area contributed by atoms with Gasteiger partial charge in [-0.1, -0.05) is 283 Å². The van der Waals surface area contributed by atoms with E-state index < -0.39 is 23.5 Å². The molecule has 5 atom stereocenters. The molecule has 20 rings (SSSR count). The number of nitrogens with one attached hydrogen (secondary N) is 1. The smallest absolute Gasteiger partial charge is 0.339 e. The first-order chi connectivity index (χ1) is 59.3. The third-order valence-corrected chi connectivity index (χ3v) is 34.3. The number of Topliss-reactive ketones (excluding diaryl/α,β-unsaturated/α-hetero) is 1. The Morgan fingerprint density at radius 3 is 1.02 bits per heavy atom. The van der Waals surface area contributed by atoms with Crippen LogP contribution in [0.1, 0.15) is 318 Å². The van der Waals surface area contributed by atoms with Crippen LogP contribution in [0.5, 0.6) is 0 Å². The van der Waals surface area contributed by atoms with Crippen LogP contribution in [0.15, 0.2) is 197 Å². The van der Waals surface area contributed by atoms with E-state index in [0.29, 0.717) is 54.1 Å². The highest BCUT2D eigenvalue weighted by Gasteiger charge is 2.51. The fourth-order valence-corrected chi connectivity index (χ4v) is 29.5. The van der Waals surface area contributed by atoms with Crippen LogP contribution >= 0.6 is 95.6 Å². The van der Waals surface area contributed by atoms with E-state index >= 15 is 0 Å². The summed E-state index contributed by atoms with van der Waals surface area (Å²) < 4.78 is 86.2. The molecule has 5 unspecified atom stereocenters. The van der Waals surface area contributed by atoms with Gasteiger partial charge in [0, 0.05) is 105 Å². The molecule has 8 aromatic carbocycles. The maximum atomic E-state index is 13.1. The SMILES string of the molecule is CC1CC2(CCCCC2)c2c(Br)cccc21.CC1CC2(CCN(C(=O)/C=C/c3ccccc3C(F)(F)F)CC2)c2c(Br)cccc21.CC1CC2(CCNCC2)c2c(Br)cccc21.NC1CC2(CCCCC2)c2c(Br)cccc21.NC1CC2(CCN(C(=O)/C=C/c3ccccc3C(F)(F)F)CC2)c2c(Br)cccc21.O=C1CC2(CCCCC2)c2c(Br)cccc21. The number of nitrogens with two attached hydrogens (primary N) is 2. The number of likely N-dealkylation sites (tertiary alicyclic amines) is 2. The highest BCUT2D eigenvalue weighted by Crippen LogP contribution is 2.60. The number of nitrogens with zero attached hydrogens (tertiary/aromatic N) is 2. The number of ketones is 1. The average Bonchev–Trinajstić information content (AvgIpc) is 1.63. The largest absolute Gasteiger partial charge is 0.416 e. The van der Waals surface area contributed by atoms with Crippen LogP contribution in [0.25, 0.3) is 12.2 Å². The Bertz CT molecular complexity index is 4920. The summed E-state index contributed by atoms with van der Waals surface area (Å²) in [6, 6.07) is 49.3. The molecule has 9 aliphatic carbocycles. The summed E-state index contributed by atoms with van der Waals surface area (Å²) >= 11 is 22.3. The number of halogens is 12. The molecule has 6 fully saturated rings. The van der Waals surface area contributed by atoms with Crippen LogP contribution in [-0.2, 0) is 54.4 Å². The maximum Gasteiger partial charge on any atom is 0.416 e. The number of hydrogen-bond acceptors (Lipinski definition) is 6. The Balaban J connectivity index is 0.000000118. The van der Waals surface area contributed by atoms with Gasteiger partial charge in [0.1, 0.15) is 0 Å². The fourth-order valence-electron chi connectivity index (χ4n) is 24.7. The summed E-state index contributed by atoms with van der Waals surface area (Å²) in [6.45, 7) is 11.7. The van der Waals surface area contributed by atoms with Crippen LogP contribution in [-0.4, -0.2) is 66.7 Å². The van der Waals surface area contributed by atoms with Gasteiger partial charge in [0.15, 0.2) is 5.78 Å². The van der Waals surface area contributed by atoms with Gasteiger partial charge in [0.05, 0.1) is 11.1 Å². The minimum atomic E-state index is -4.45. The molecule has 3 aliphatic heterocycles. The van der Waals surface area contributed by atoms with Gasteiger partial charge in [-0.25, -0.2) is 0 Å². The Morgan fingerprint density at radius 2 is 0.653 bits per heavy atom. The van der Waals surface area contributed by atoms with Gasteiger partial charge < -0.3 is 26.6 Å². The predicted molar refractivity (Wildman–Crippen MR) is 510 cm³/mol. The second-order valence-electron chi connectivity index (χ2n) is 37.8. The molecule has 3 heterocycles. The first-order valence-electron chi connectivity index (χ1n) is 45.1. The van der Waals surface area contributed by atoms with E-state index in [9.17, 15) is 40.7 Å². The van der Waals surface area contributed by atoms with Crippen molar-refractivity contribution in [2.45, 2.75) is 269 Å². The van der Waals surface area contributed by atoms with Gasteiger partial charge in [0.2, 0.25) is 11.8 Å². The maximum absolute atomic E-state index is 13.1. The van der Waals surface area contributed by atoms with E-state index in [1.807, 2.05) is 24.3 Å². The lowest BCUT2D eigenvalue weighted by atomic mass is 9.70. The number of benzene rings is 8. The molecule has 0 aromatic heterocycles. The van der Waals surface area contributed by atoms with E-state index in [1.165, 1.54) is 237 Å². The molecule has 5 N–H and O–H groups in total. The zero-order chi connectivity index (χ0) is 87.7. The molecule has 2 amide bonds. The predicted octanol–water partition coefficient (Wildman–Crippen LogP) is 29.0. The highest BCUT2D eigenvalue weighted by molar-refractivity contribution is 9.11. The zero-order valence-corrected chi connectivity index (χ0v) is 80.9. The highest BCUT2D eigenvalue weighted by atomic mass is 79.9. The van der Waals surface area contributed by atoms with Gasteiger partial charge in [-0.15, -0.1) is 0 Å². The Morgan fingerprint density at radius 1 is 0.363 bits per heavy atom. The third-order valence-electron chi connectivity index (χ3n) is 30.3. The van der Waals surface area contributed by atoms with Crippen molar-refractivity contribution in [3.8, 4) is 0 Å². The van der Waals surface area contributed by atoms with Crippen molar-refractivity contribution >= 4 is 125 Å². The second-order valence-corrected chi connectivity index (χ2v) is 42.9. The lowest BCUT2D eigenvalue weighted by Crippen LogP contribution is -2.44. The fraction of sp³-hybridized carbons (Fsp3) is 0.471. The molecule has 124 heavy (non-hydrogen) atoms. The van der Waals surface area contributed by atoms with Crippen molar-refractivity contribution in [1.82, 2.24) is 15.1 Å². The molecule has 3 saturated carbocycles. The molecule has 0 radical (unpaired) electrons. The van der Waals surface area contributed by atoms with Gasteiger partial charge in [-0.2, -0.15) is 26.3 Å². The Kier molecular flexibility index (Phi) is 29.0. The van der Waals surface area contributed by atoms with Gasteiger partial charge >= 0.3 is 12.4 Å². The van der Waals surface area contributed by atoms with Crippen molar-refractivity contribution < 1.29 is 40.7 Å². The number of fused-ring (bicyclic) bond motifs is 12. The quantitative estimate of drug-likeness (QED) is 0.119. The van der Waals surface area contributed by atoms with Crippen molar-refractivity contribution in [2.24, 2.45) is 11.5 Å². The molecule has 20 heteroatoms. The van der Waals surface area contributed by atoms with E-state index in [2.05, 4.69) is 207 Å². The average molecular weight is 2080 g/mol. The van der Waals surface area contributed by atoms with Crippen LogP contribution in [0.2, 0.25) is 0 Å². The Hall–Kier alpha value is -5.81. The number of alkyl halides is 6. The molecule has 3 saturated heterocycles. The van der Waals surface area contributed by atoms with Gasteiger partial charge in [0.25, 0.3) is 0 Å². The molecule has 8 aromatic rings. The molecule has 12 aliphatic rings. The van der Waals surface area contributed by atoms with Crippen molar-refractivity contribution in [3.63, 3.8) is 0 Å². The molecule has 0 bridgehead atoms. The minimum absolute atomic E-state index is 0.00791. The van der Waals surface area contributed by atoms with E-state index in [1.54, 1.807) is 38.1 Å². The van der Waals surface area contributed by atoms with Crippen LogP contribution in [0.3, 0.4) is 0 Å². The van der Waals surface area contributed by atoms with E-state index in [4.69, 9.17) is 11.5 Å². The van der Waals surface area contributed by atoms with Crippen LogP contribution in [0, 0.1) is 0 Å². The third kappa shape index (κ3) is 19.1. The summed E-state index contributed by atoms with van der Waals surface area (Å²) in [7, 11) is 0. The van der Waals surface area contributed by atoms with Crippen molar-refractivity contribution in [3.05, 3.63) is 286 Å². The molecule has 8 nitrogen and oxygen atoms in total. The Labute approximate surface area is 779 Å². The van der Waals surface area contributed by atoms with Crippen molar-refractivity contribution in [2.75, 3.05) is 39.3 Å². The summed E-state index contributed by atoms with van der Waals surface area (Å²) in [5, 5.41) is 3.49. The van der Waals surface area contributed by atoms with E-state index in [0.717, 1.165) is 99.9 Å². The number of carbonyl (C=O) groups excluding carboxylic acids is 3. The minimum Gasteiger partial charge on any atom is -0.339 e. The first-order valence-corrected chi connectivity index (χ1v) is 49.8. The summed E-state index contributed by atoms with van der Waals surface area (Å²) in [4.78, 5) is 40.8. The monoisotopic (exact) mass is 2070 g/mol. The molecule has 658 valence electrons. The van der Waals surface area contributed by atoms with Crippen LogP contribution < -0.4 is 16.8 Å². The lowest BCUT2D eigenvalue weighted by molar-refractivity contribution is -0.138. The normalized spacial score (nSPS) is 23.4. The molecular formula is C104H115Br6F6N5O3. The molecular weight excluding hydrogens is 1960 g/mol. The van der Waals surface area contributed by atoms with Crippen LogP contribution in [0.4, 0.5) is 26.3 Å². The van der Waals surface area contributed by atoms with Gasteiger partial charge in [-0.3, -0.25) is 14.4 Å². The number of carbonyl (C=O) groups is 3. The number of rotatable bonds is 4. The zero-order valence-electron chi connectivity index (χ0n) is 71.4. The summed E-state index contributed by atoms with van der Waals surface area (Å²) in [5.74, 6) is 1.81. The second kappa shape index (κ2) is 38.7. The van der Waals surface area contributed by atoms with E-state index in [-0.39, 0.29) is 51.3 Å². The lowest BCUT2D eigenvalue weighted by Gasteiger charge is -2.40. The molecule has 6 spiro atoms. The number of piperidine rings is 3. The van der Waals surface area contributed by atoms with Crippen molar-refractivity contribution in [1.29, 1.82) is 0 Å². The standard InChI is InChI=1S/C24H23BrF3NO.C23H22BrF3N2O.C15H19Br.2C14H18BrN.C14H15BrO/c1-16-15-23(22-18(16)6-4-8-20(22)25)11-13-29(14-12-23)21(30)10-9-17-5-2-3-7-19(17)24(26,27)28;24-18-7-3-5-16-19(28)14-22(21(16)18)10-12-29(13-11-22)20(30)9-8-15-4-1-2-6-17(15)23(25,26)27;1-11-10-15(8-3-2-4-9-15)14-12(11)6-5-7-13(14)16;1-10-9-14(5-7-16-8-6-14)13-11(10)3-2-4-12(13)15;2*15-11-6-4-5-10-12(16)9-14(13(10)11)7-2-1-3-8-14/h2-10,16H,11-15H2,1H3;1-9,19H,10-14,28H2;5-7,11H,2-4,8-10H2,1H3;2-4,10,16H,5-9H2,1H3;4-6,12H,1-3,7-9,16H2;4-6H,1-3,7-9H2/b10-9+;9-8+;;;;. The number of amides is 2. The summed E-state index contributed by atoms with van der Waals surface area (Å²) in [5.41, 5.74) is 29.6. The summed E-state index contributed by atoms with van der Waals surface area (Å²) in [6.07, 6.45) is 28.7. The van der Waals surface area contributed by atoms with Gasteiger partial charge in [-0.05, 0) is 289 Å². The topological polar surface area (TPSA) is 122 Å². The first kappa shape index (κ1) is 92.9.